The first-order chi connectivity index (χ1) is 17.8. The van der Waals surface area contributed by atoms with Gasteiger partial charge >= 0.3 is 0 Å². The van der Waals surface area contributed by atoms with Crippen molar-refractivity contribution in [3.63, 3.8) is 0 Å². The van der Waals surface area contributed by atoms with Crippen molar-refractivity contribution >= 4 is 26.8 Å². The molecule has 1 amide bonds. The number of ether oxygens (including phenoxy) is 2. The van der Waals surface area contributed by atoms with Crippen molar-refractivity contribution in [3.8, 4) is 34.5 Å². The Morgan fingerprint density at radius 1 is 0.892 bits per heavy atom. The molecule has 10 heteroatoms. The number of aromatic amines is 1. The molecule has 5 rings (SSSR count). The van der Waals surface area contributed by atoms with Gasteiger partial charge in [-0.05, 0) is 48.5 Å². The van der Waals surface area contributed by atoms with Crippen LogP contribution in [0.5, 0.6) is 23.0 Å². The van der Waals surface area contributed by atoms with Crippen LogP contribution < -0.4 is 14.8 Å². The lowest BCUT2D eigenvalue weighted by molar-refractivity contribution is 0.0960. The molecular weight excluding hydrogens is 492 g/mol. The predicted octanol–water partition coefficient (Wildman–Crippen LogP) is 4.97. The van der Waals surface area contributed by atoms with E-state index in [1.54, 1.807) is 61.8 Å². The third kappa shape index (κ3) is 5.14. The second-order valence-electron chi connectivity index (χ2n) is 8.14. The lowest BCUT2D eigenvalue weighted by Crippen LogP contribution is -2.18. The van der Waals surface area contributed by atoms with Crippen LogP contribution in [-0.4, -0.2) is 42.6 Å². The molecule has 2 N–H and O–H groups in total. The Balaban J connectivity index is 1.59. The molecule has 2 heterocycles. The quantitative estimate of drug-likeness (QED) is 0.314. The third-order valence-corrected chi connectivity index (χ3v) is 6.64. The Hall–Kier alpha value is -4.70. The number of imidazole rings is 1. The number of carbonyl (C=O) groups is 1. The Bertz CT molecular complexity index is 1700. The highest BCUT2D eigenvalue weighted by Gasteiger charge is 2.18. The van der Waals surface area contributed by atoms with Gasteiger partial charge in [-0.3, -0.25) is 9.78 Å². The molecule has 2 aromatic heterocycles. The van der Waals surface area contributed by atoms with E-state index < -0.39 is 9.84 Å². The minimum absolute atomic E-state index is 0.179. The molecule has 5 aromatic rings. The number of rotatable bonds is 7. The maximum Gasteiger partial charge on any atom is 0.254 e. The molecule has 0 bridgehead atoms. The fraction of sp³-hybridized carbons (Fsp3) is 0.0741. The summed E-state index contributed by atoms with van der Waals surface area (Å²) in [5.74, 6) is 1.66. The van der Waals surface area contributed by atoms with Crippen LogP contribution in [-0.2, 0) is 9.84 Å². The number of carbonyl (C=O) groups excluding carboxylic acids is 1. The Morgan fingerprint density at radius 2 is 1.62 bits per heavy atom. The second kappa shape index (κ2) is 9.75. The zero-order valence-corrected chi connectivity index (χ0v) is 20.7. The smallest absolute Gasteiger partial charge is 0.254 e. The summed E-state index contributed by atoms with van der Waals surface area (Å²) in [6.07, 6.45) is 2.82. The number of fused-ring (bicyclic) bond motifs is 1. The average Bonchev–Trinajstić information content (AvgIpc) is 3.32. The van der Waals surface area contributed by atoms with E-state index in [2.05, 4.69) is 20.3 Å². The van der Waals surface area contributed by atoms with E-state index in [1.165, 1.54) is 12.1 Å². The summed E-state index contributed by atoms with van der Waals surface area (Å²) < 4.78 is 36.0. The van der Waals surface area contributed by atoms with Crippen molar-refractivity contribution in [1.82, 2.24) is 20.3 Å². The number of amides is 1. The zero-order valence-electron chi connectivity index (χ0n) is 19.9. The highest BCUT2D eigenvalue weighted by atomic mass is 32.2. The number of nitrogens with one attached hydrogen (secondary N) is 2. The van der Waals surface area contributed by atoms with E-state index in [-0.39, 0.29) is 10.8 Å². The van der Waals surface area contributed by atoms with Crippen LogP contribution in [0.4, 0.5) is 0 Å². The molecule has 0 unspecified atom stereocenters. The van der Waals surface area contributed by atoms with Crippen molar-refractivity contribution in [1.29, 1.82) is 0 Å². The number of benzene rings is 3. The molecule has 37 heavy (non-hydrogen) atoms. The van der Waals surface area contributed by atoms with Crippen molar-refractivity contribution in [2.45, 2.75) is 4.90 Å². The summed E-state index contributed by atoms with van der Waals surface area (Å²) in [7, 11) is -1.80. The molecule has 0 atom stereocenters. The Morgan fingerprint density at radius 3 is 2.32 bits per heavy atom. The average molecular weight is 515 g/mol. The highest BCUT2D eigenvalue weighted by molar-refractivity contribution is 7.90. The number of hydrogen-bond donors (Lipinski definition) is 2. The summed E-state index contributed by atoms with van der Waals surface area (Å²) in [4.78, 5) is 24.8. The lowest BCUT2D eigenvalue weighted by atomic mass is 10.2. The zero-order chi connectivity index (χ0) is 26.0. The lowest BCUT2D eigenvalue weighted by Gasteiger charge is -2.14. The number of sulfone groups is 1. The van der Waals surface area contributed by atoms with E-state index in [0.29, 0.717) is 51.1 Å². The van der Waals surface area contributed by atoms with E-state index in [4.69, 9.17) is 9.47 Å². The van der Waals surface area contributed by atoms with Gasteiger partial charge in [0.25, 0.3) is 5.91 Å². The van der Waals surface area contributed by atoms with E-state index >= 15 is 0 Å². The Kier molecular flexibility index (Phi) is 6.33. The van der Waals surface area contributed by atoms with Crippen LogP contribution in [0.15, 0.2) is 90.0 Å². The number of H-pyrrole nitrogens is 1. The van der Waals surface area contributed by atoms with Gasteiger partial charge in [0.2, 0.25) is 0 Å². The molecule has 9 nitrogen and oxygen atoms in total. The van der Waals surface area contributed by atoms with E-state index in [9.17, 15) is 13.2 Å². The first kappa shape index (κ1) is 24.0. The second-order valence-corrected chi connectivity index (χ2v) is 10.2. The topological polar surface area (TPSA) is 123 Å². The molecular formula is C27H22N4O5S. The number of para-hydroxylation sites is 1. The summed E-state index contributed by atoms with van der Waals surface area (Å²) in [6.45, 7) is 0. The van der Waals surface area contributed by atoms with Gasteiger partial charge in [0, 0.05) is 31.6 Å². The number of aromatic nitrogens is 3. The molecule has 0 aliphatic carbocycles. The molecule has 3 aromatic carbocycles. The minimum Gasteiger partial charge on any atom is -0.453 e. The predicted molar refractivity (Wildman–Crippen MR) is 139 cm³/mol. The molecule has 0 saturated heterocycles. The van der Waals surface area contributed by atoms with Crippen molar-refractivity contribution in [2.75, 3.05) is 13.3 Å². The molecule has 0 aliphatic rings. The molecule has 0 saturated carbocycles. The van der Waals surface area contributed by atoms with Gasteiger partial charge in [0.1, 0.15) is 17.2 Å². The summed E-state index contributed by atoms with van der Waals surface area (Å²) in [6, 6.07) is 21.9. The minimum atomic E-state index is -3.35. The van der Waals surface area contributed by atoms with Gasteiger partial charge < -0.3 is 19.8 Å². The maximum atomic E-state index is 12.4. The van der Waals surface area contributed by atoms with E-state index in [0.717, 1.165) is 6.26 Å². The maximum absolute atomic E-state index is 12.4. The largest absolute Gasteiger partial charge is 0.453 e. The van der Waals surface area contributed by atoms with Crippen LogP contribution in [0.1, 0.15) is 10.4 Å². The van der Waals surface area contributed by atoms with Gasteiger partial charge in [-0.25, -0.2) is 13.4 Å². The van der Waals surface area contributed by atoms with Crippen molar-refractivity contribution < 1.29 is 22.7 Å². The molecule has 0 radical (unpaired) electrons. The van der Waals surface area contributed by atoms with Crippen LogP contribution in [0, 0.1) is 0 Å². The van der Waals surface area contributed by atoms with Crippen molar-refractivity contribution in [3.05, 3.63) is 90.6 Å². The number of pyridine rings is 1. The molecule has 0 spiro atoms. The molecule has 0 fully saturated rings. The highest BCUT2D eigenvalue weighted by Crippen LogP contribution is 2.39. The standard InChI is InChI=1S/C27H22N4O5S/c1-28-27(32)19-7-3-4-9-23(19)36-25-16-22-21(30-26(31-22)20-8-5-6-14-29-20)15-24(25)35-17-10-12-18(13-11-17)37(2,33)34/h3-16H,1-2H3,(H,28,32)(H,30,31). The fourth-order valence-corrected chi connectivity index (χ4v) is 4.31. The number of nitrogens with zero attached hydrogens (tertiary/aromatic N) is 2. The van der Waals surface area contributed by atoms with Crippen LogP contribution in [0.2, 0.25) is 0 Å². The first-order valence-corrected chi connectivity index (χ1v) is 13.1. The van der Waals surface area contributed by atoms with Gasteiger partial charge in [0.15, 0.2) is 27.2 Å². The molecule has 186 valence electrons. The van der Waals surface area contributed by atoms with Gasteiger partial charge in [-0.2, -0.15) is 0 Å². The van der Waals surface area contributed by atoms with E-state index in [1.807, 2.05) is 18.2 Å². The van der Waals surface area contributed by atoms with Gasteiger partial charge in [-0.1, -0.05) is 18.2 Å². The van der Waals surface area contributed by atoms with Crippen molar-refractivity contribution in [2.24, 2.45) is 0 Å². The summed E-state index contributed by atoms with van der Waals surface area (Å²) >= 11 is 0. The monoisotopic (exact) mass is 514 g/mol. The molecule has 0 aliphatic heterocycles. The summed E-state index contributed by atoms with van der Waals surface area (Å²) in [5.41, 5.74) is 2.31. The fourth-order valence-electron chi connectivity index (χ4n) is 3.68. The number of hydrogen-bond acceptors (Lipinski definition) is 7. The van der Waals surface area contributed by atoms with Crippen LogP contribution in [0.3, 0.4) is 0 Å². The third-order valence-electron chi connectivity index (χ3n) is 5.51. The SMILES string of the molecule is CNC(=O)c1ccccc1Oc1cc2[nH]c(-c3ccccn3)nc2cc1Oc1ccc(S(C)(=O)=O)cc1. The van der Waals surface area contributed by atoms with Gasteiger partial charge in [-0.15, -0.1) is 0 Å². The Labute approximate surface area is 213 Å². The van der Waals surface area contributed by atoms with Crippen LogP contribution >= 0.6 is 0 Å². The van der Waals surface area contributed by atoms with Gasteiger partial charge in [0.05, 0.1) is 21.5 Å². The normalized spacial score (nSPS) is 11.3. The first-order valence-electron chi connectivity index (χ1n) is 11.2. The summed E-state index contributed by atoms with van der Waals surface area (Å²) in [5, 5.41) is 2.61. The van der Waals surface area contributed by atoms with Crippen LogP contribution in [0.25, 0.3) is 22.6 Å².